The summed E-state index contributed by atoms with van der Waals surface area (Å²) in [6.07, 6.45) is 7.69. The molecule has 3 rings (SSSR count). The van der Waals surface area contributed by atoms with Gasteiger partial charge in [-0.25, -0.2) is 9.78 Å². The Hall–Kier alpha value is -2.89. The first-order valence-electron chi connectivity index (χ1n) is 8.68. The zero-order valence-electron chi connectivity index (χ0n) is 15.6. The van der Waals surface area contributed by atoms with Crippen molar-refractivity contribution < 1.29 is 9.53 Å². The predicted molar refractivity (Wildman–Crippen MR) is 101 cm³/mol. The van der Waals surface area contributed by atoms with Gasteiger partial charge in [0.1, 0.15) is 11.2 Å². The largest absolute Gasteiger partial charge is 0.444 e. The lowest BCUT2D eigenvalue weighted by Gasteiger charge is -2.21. The van der Waals surface area contributed by atoms with Crippen molar-refractivity contribution >= 4 is 11.7 Å². The molecule has 6 heteroatoms. The molecule has 0 unspecified atom stereocenters. The Kier molecular flexibility index (Phi) is 4.93. The molecule has 0 spiro atoms. The van der Waals surface area contributed by atoms with E-state index in [1.165, 1.54) is 0 Å². The van der Waals surface area contributed by atoms with Crippen LogP contribution in [0.3, 0.4) is 0 Å². The molecular weight excluding hydrogens is 328 g/mol. The normalized spacial score (nSPS) is 12.8. The number of pyridine rings is 2. The number of aromatic nitrogens is 3. The minimum Gasteiger partial charge on any atom is -0.444 e. The minimum absolute atomic E-state index is 0.0811. The topological polar surface area (TPSA) is 68.5 Å². The van der Waals surface area contributed by atoms with Gasteiger partial charge in [0.15, 0.2) is 0 Å². The van der Waals surface area contributed by atoms with Crippen LogP contribution in [-0.4, -0.2) is 32.1 Å². The van der Waals surface area contributed by atoms with Gasteiger partial charge in [0.25, 0.3) is 0 Å². The number of rotatable bonds is 4. The molecule has 136 valence electrons. The highest BCUT2D eigenvalue weighted by atomic mass is 16.6. The summed E-state index contributed by atoms with van der Waals surface area (Å²) in [6, 6.07) is 8.03. The molecule has 26 heavy (non-hydrogen) atoms. The van der Waals surface area contributed by atoms with Crippen LogP contribution in [0.1, 0.15) is 33.4 Å². The van der Waals surface area contributed by atoms with E-state index in [0.29, 0.717) is 6.42 Å². The van der Waals surface area contributed by atoms with Crippen LogP contribution in [-0.2, 0) is 11.2 Å². The van der Waals surface area contributed by atoms with E-state index in [0.717, 1.165) is 22.5 Å². The molecule has 3 heterocycles. The average Bonchev–Trinajstić information content (AvgIpc) is 3.00. The standard InChI is InChI=1S/C20H24N4O2/c1-14(23-19(25)26-20(2,3)4)11-17-12-15(5-7-21-17)16-6-9-24-10-8-22-18(24)13-16/h5-10,12-14H,11H2,1-4H3,(H,23,25)/t14-/m1/s1. The Labute approximate surface area is 153 Å². The molecule has 3 aromatic heterocycles. The zero-order chi connectivity index (χ0) is 18.7. The van der Waals surface area contributed by atoms with E-state index >= 15 is 0 Å². The second-order valence-corrected chi connectivity index (χ2v) is 7.40. The Morgan fingerprint density at radius 2 is 1.92 bits per heavy atom. The lowest BCUT2D eigenvalue weighted by Crippen LogP contribution is -2.38. The predicted octanol–water partition coefficient (Wildman–Crippen LogP) is 3.85. The fourth-order valence-electron chi connectivity index (χ4n) is 2.73. The summed E-state index contributed by atoms with van der Waals surface area (Å²) in [7, 11) is 0. The summed E-state index contributed by atoms with van der Waals surface area (Å²) in [5.74, 6) is 0. The first-order valence-corrected chi connectivity index (χ1v) is 8.68. The van der Waals surface area contributed by atoms with E-state index < -0.39 is 11.7 Å². The van der Waals surface area contributed by atoms with Gasteiger partial charge in [0, 0.05) is 42.9 Å². The molecule has 1 N–H and O–H groups in total. The molecule has 1 amide bonds. The summed E-state index contributed by atoms with van der Waals surface area (Å²) < 4.78 is 7.26. The maximum Gasteiger partial charge on any atom is 0.407 e. The number of fused-ring (bicyclic) bond motifs is 1. The summed E-state index contributed by atoms with van der Waals surface area (Å²) in [5.41, 5.74) is 3.47. The van der Waals surface area contributed by atoms with Crippen LogP contribution in [0.5, 0.6) is 0 Å². The van der Waals surface area contributed by atoms with Crippen molar-refractivity contribution in [2.75, 3.05) is 0 Å². The fraction of sp³-hybridized carbons (Fsp3) is 0.350. The number of alkyl carbamates (subject to hydrolysis) is 1. The smallest absolute Gasteiger partial charge is 0.407 e. The summed E-state index contributed by atoms with van der Waals surface area (Å²) in [6.45, 7) is 7.48. The van der Waals surface area contributed by atoms with Gasteiger partial charge in [-0.3, -0.25) is 4.98 Å². The van der Waals surface area contributed by atoms with E-state index in [1.807, 2.05) is 62.7 Å². The molecule has 3 aromatic rings. The van der Waals surface area contributed by atoms with Gasteiger partial charge in [0.05, 0.1) is 0 Å². The molecule has 0 aliphatic heterocycles. The number of amides is 1. The highest BCUT2D eigenvalue weighted by Crippen LogP contribution is 2.21. The van der Waals surface area contributed by atoms with Crippen LogP contribution < -0.4 is 5.32 Å². The number of imidazole rings is 1. The van der Waals surface area contributed by atoms with Crippen LogP contribution >= 0.6 is 0 Å². The number of nitrogens with one attached hydrogen (secondary N) is 1. The van der Waals surface area contributed by atoms with Gasteiger partial charge in [-0.1, -0.05) is 0 Å². The quantitative estimate of drug-likeness (QED) is 0.774. The lowest BCUT2D eigenvalue weighted by molar-refractivity contribution is 0.0508. The Bertz CT molecular complexity index is 911. The van der Waals surface area contributed by atoms with Crippen LogP contribution in [0.2, 0.25) is 0 Å². The number of hydrogen-bond acceptors (Lipinski definition) is 4. The van der Waals surface area contributed by atoms with Crippen molar-refractivity contribution in [3.63, 3.8) is 0 Å². The summed E-state index contributed by atoms with van der Waals surface area (Å²) in [4.78, 5) is 20.6. The van der Waals surface area contributed by atoms with Crippen molar-refractivity contribution in [3.05, 3.63) is 54.7 Å². The second kappa shape index (κ2) is 7.15. The fourth-order valence-corrected chi connectivity index (χ4v) is 2.73. The molecule has 0 saturated carbocycles. The SMILES string of the molecule is C[C@H](Cc1cc(-c2ccn3ccnc3c2)ccn1)NC(=O)OC(C)(C)C. The lowest BCUT2D eigenvalue weighted by atomic mass is 10.1. The maximum absolute atomic E-state index is 11.9. The molecular formula is C20H24N4O2. The monoisotopic (exact) mass is 352 g/mol. The molecule has 0 aliphatic rings. The van der Waals surface area contributed by atoms with E-state index in [4.69, 9.17) is 4.74 Å². The number of ether oxygens (including phenoxy) is 1. The molecule has 1 atom stereocenters. The summed E-state index contributed by atoms with van der Waals surface area (Å²) >= 11 is 0. The molecule has 0 aromatic carbocycles. The van der Waals surface area contributed by atoms with Gasteiger partial charge in [-0.15, -0.1) is 0 Å². The zero-order valence-corrected chi connectivity index (χ0v) is 15.6. The van der Waals surface area contributed by atoms with Crippen molar-refractivity contribution in [3.8, 4) is 11.1 Å². The number of carbonyl (C=O) groups is 1. The average molecular weight is 352 g/mol. The van der Waals surface area contributed by atoms with Crippen molar-refractivity contribution in [2.45, 2.75) is 45.8 Å². The minimum atomic E-state index is -0.506. The van der Waals surface area contributed by atoms with E-state index in [1.54, 1.807) is 12.4 Å². The second-order valence-electron chi connectivity index (χ2n) is 7.40. The molecule has 0 fully saturated rings. The van der Waals surface area contributed by atoms with Gasteiger partial charge in [-0.05, 0) is 63.1 Å². The van der Waals surface area contributed by atoms with E-state index in [-0.39, 0.29) is 6.04 Å². The van der Waals surface area contributed by atoms with Gasteiger partial charge in [-0.2, -0.15) is 0 Å². The first kappa shape index (κ1) is 17.9. The van der Waals surface area contributed by atoms with E-state index in [9.17, 15) is 4.79 Å². The number of nitrogens with zero attached hydrogens (tertiary/aromatic N) is 3. The maximum atomic E-state index is 11.9. The van der Waals surface area contributed by atoms with Gasteiger partial charge < -0.3 is 14.5 Å². The third kappa shape index (κ3) is 4.59. The van der Waals surface area contributed by atoms with Crippen LogP contribution in [0.15, 0.2) is 49.1 Å². The van der Waals surface area contributed by atoms with Crippen molar-refractivity contribution in [1.82, 2.24) is 19.7 Å². The number of carbonyl (C=O) groups excluding carboxylic acids is 1. The molecule has 0 saturated heterocycles. The van der Waals surface area contributed by atoms with Gasteiger partial charge in [0.2, 0.25) is 0 Å². The third-order valence-corrected chi connectivity index (χ3v) is 3.83. The Balaban J connectivity index is 1.70. The van der Waals surface area contributed by atoms with Crippen molar-refractivity contribution in [2.24, 2.45) is 0 Å². The Morgan fingerprint density at radius 1 is 1.15 bits per heavy atom. The highest BCUT2D eigenvalue weighted by Gasteiger charge is 2.18. The third-order valence-electron chi connectivity index (χ3n) is 3.83. The highest BCUT2D eigenvalue weighted by molar-refractivity contribution is 5.68. The number of hydrogen-bond donors (Lipinski definition) is 1. The Morgan fingerprint density at radius 3 is 2.69 bits per heavy atom. The molecule has 6 nitrogen and oxygen atoms in total. The van der Waals surface area contributed by atoms with Crippen LogP contribution in [0.25, 0.3) is 16.8 Å². The van der Waals surface area contributed by atoms with Gasteiger partial charge >= 0.3 is 6.09 Å². The molecule has 0 aliphatic carbocycles. The van der Waals surface area contributed by atoms with Crippen LogP contribution in [0.4, 0.5) is 4.79 Å². The first-order chi connectivity index (χ1) is 12.3. The van der Waals surface area contributed by atoms with E-state index in [2.05, 4.69) is 21.4 Å². The molecule has 0 radical (unpaired) electrons. The summed E-state index contributed by atoms with van der Waals surface area (Å²) in [5, 5.41) is 2.85. The van der Waals surface area contributed by atoms with Crippen molar-refractivity contribution in [1.29, 1.82) is 0 Å². The molecule has 0 bridgehead atoms. The van der Waals surface area contributed by atoms with Crippen LogP contribution in [0, 0.1) is 0 Å².